The van der Waals surface area contributed by atoms with Crippen LogP contribution in [0.3, 0.4) is 0 Å². The molecule has 0 amide bonds. The maximum Gasteiger partial charge on any atom is 0.186 e. The first-order chi connectivity index (χ1) is 8.52. The van der Waals surface area contributed by atoms with E-state index in [2.05, 4.69) is 0 Å². The summed E-state index contributed by atoms with van der Waals surface area (Å²) in [6.07, 6.45) is 1.72. The van der Waals surface area contributed by atoms with Gasteiger partial charge in [0.1, 0.15) is 0 Å². The molecule has 0 fully saturated rings. The van der Waals surface area contributed by atoms with Crippen LogP contribution in [0.1, 0.15) is 11.3 Å². The predicted molar refractivity (Wildman–Crippen MR) is 74.7 cm³/mol. The minimum atomic E-state index is -0.0589. The van der Waals surface area contributed by atoms with Crippen LogP contribution in [0.4, 0.5) is 0 Å². The quantitative estimate of drug-likeness (QED) is 0.921. The van der Waals surface area contributed by atoms with Gasteiger partial charge in [-0.15, -0.1) is 0 Å². The summed E-state index contributed by atoms with van der Waals surface area (Å²) in [5, 5.41) is 1.10. The van der Waals surface area contributed by atoms with E-state index in [0.29, 0.717) is 15.6 Å². The number of aryl methyl sites for hydroxylation is 1. The standard InChI is InChI=1S/C13H12Cl2N2O/c1-8-4-13(18)9(6-16)7-17(8)12-3-2-10(14)5-11(12)15/h2-5,7H,6,16H2,1H3. The monoisotopic (exact) mass is 282 g/mol. The first kappa shape index (κ1) is 13.1. The number of hydrogen-bond acceptors (Lipinski definition) is 2. The molecule has 0 spiro atoms. The summed E-state index contributed by atoms with van der Waals surface area (Å²) >= 11 is 12.0. The van der Waals surface area contributed by atoms with Gasteiger partial charge in [0, 0.05) is 35.1 Å². The summed E-state index contributed by atoms with van der Waals surface area (Å²) in [5.41, 5.74) is 7.60. The number of hydrogen-bond donors (Lipinski definition) is 1. The fourth-order valence-electron chi connectivity index (χ4n) is 1.76. The fraction of sp³-hybridized carbons (Fsp3) is 0.154. The zero-order chi connectivity index (χ0) is 13.3. The molecule has 0 aliphatic rings. The van der Waals surface area contributed by atoms with Crippen LogP contribution in [0.5, 0.6) is 0 Å². The zero-order valence-electron chi connectivity index (χ0n) is 9.78. The summed E-state index contributed by atoms with van der Waals surface area (Å²) in [4.78, 5) is 11.6. The average molecular weight is 283 g/mol. The highest BCUT2D eigenvalue weighted by atomic mass is 35.5. The van der Waals surface area contributed by atoms with Gasteiger partial charge in [-0.3, -0.25) is 4.79 Å². The van der Waals surface area contributed by atoms with E-state index in [-0.39, 0.29) is 12.0 Å². The highest BCUT2D eigenvalue weighted by Crippen LogP contribution is 2.25. The molecule has 1 aromatic carbocycles. The molecule has 94 valence electrons. The van der Waals surface area contributed by atoms with E-state index in [4.69, 9.17) is 28.9 Å². The summed E-state index contributed by atoms with van der Waals surface area (Å²) in [6, 6.07) is 6.77. The topological polar surface area (TPSA) is 48.0 Å². The maximum atomic E-state index is 11.6. The normalized spacial score (nSPS) is 10.7. The van der Waals surface area contributed by atoms with Gasteiger partial charge in [-0.05, 0) is 25.1 Å². The molecule has 0 aliphatic heterocycles. The third-order valence-corrected chi connectivity index (χ3v) is 3.25. The number of benzene rings is 1. The van der Waals surface area contributed by atoms with Crippen LogP contribution in [0, 0.1) is 6.92 Å². The lowest BCUT2D eigenvalue weighted by molar-refractivity contribution is 0.923. The second kappa shape index (κ2) is 5.14. The van der Waals surface area contributed by atoms with Gasteiger partial charge in [0.15, 0.2) is 5.43 Å². The van der Waals surface area contributed by atoms with Crippen molar-refractivity contribution >= 4 is 23.2 Å². The smallest absolute Gasteiger partial charge is 0.186 e. The average Bonchev–Trinajstić information content (AvgIpc) is 2.30. The minimum absolute atomic E-state index is 0.0589. The van der Waals surface area contributed by atoms with Gasteiger partial charge in [0.2, 0.25) is 0 Å². The second-order valence-electron chi connectivity index (χ2n) is 3.97. The molecule has 0 bridgehead atoms. The summed E-state index contributed by atoms with van der Waals surface area (Å²) in [7, 11) is 0. The number of halogens is 2. The number of rotatable bonds is 2. The molecule has 18 heavy (non-hydrogen) atoms. The lowest BCUT2D eigenvalue weighted by atomic mass is 10.2. The van der Waals surface area contributed by atoms with Crippen LogP contribution in [-0.4, -0.2) is 4.57 Å². The van der Waals surface area contributed by atoms with E-state index in [0.717, 1.165) is 11.4 Å². The molecule has 2 N–H and O–H groups in total. The zero-order valence-corrected chi connectivity index (χ0v) is 11.3. The molecule has 1 aromatic heterocycles. The Bertz CT molecular complexity index is 650. The SMILES string of the molecule is Cc1cc(=O)c(CN)cn1-c1ccc(Cl)cc1Cl. The van der Waals surface area contributed by atoms with Gasteiger partial charge in [-0.1, -0.05) is 23.2 Å². The molecule has 1 heterocycles. The van der Waals surface area contributed by atoms with Gasteiger partial charge in [0.05, 0.1) is 10.7 Å². The van der Waals surface area contributed by atoms with Crippen LogP contribution in [0.2, 0.25) is 10.0 Å². The Hall–Kier alpha value is -1.29. The molecular weight excluding hydrogens is 271 g/mol. The van der Waals surface area contributed by atoms with Crippen molar-refractivity contribution in [1.82, 2.24) is 4.57 Å². The van der Waals surface area contributed by atoms with Gasteiger partial charge in [0.25, 0.3) is 0 Å². The second-order valence-corrected chi connectivity index (χ2v) is 4.82. The van der Waals surface area contributed by atoms with Crippen molar-refractivity contribution in [2.24, 2.45) is 5.73 Å². The Kier molecular flexibility index (Phi) is 3.76. The van der Waals surface area contributed by atoms with Crippen molar-refractivity contribution < 1.29 is 0 Å². The first-order valence-corrected chi connectivity index (χ1v) is 6.16. The van der Waals surface area contributed by atoms with E-state index in [9.17, 15) is 4.79 Å². The van der Waals surface area contributed by atoms with Gasteiger partial charge in [-0.25, -0.2) is 0 Å². The molecule has 0 unspecified atom stereocenters. The Morgan fingerprint density at radius 3 is 2.61 bits per heavy atom. The van der Waals surface area contributed by atoms with E-state index in [1.807, 2.05) is 17.6 Å². The highest BCUT2D eigenvalue weighted by molar-refractivity contribution is 6.35. The fourth-order valence-corrected chi connectivity index (χ4v) is 2.26. The predicted octanol–water partition coefficient (Wildman–Crippen LogP) is 2.91. The Balaban J connectivity index is 2.67. The Morgan fingerprint density at radius 1 is 1.28 bits per heavy atom. The van der Waals surface area contributed by atoms with Crippen molar-refractivity contribution in [3.05, 3.63) is 62.0 Å². The van der Waals surface area contributed by atoms with Crippen LogP contribution >= 0.6 is 23.2 Å². The molecule has 0 aliphatic carbocycles. The van der Waals surface area contributed by atoms with Gasteiger partial charge in [-0.2, -0.15) is 0 Å². The number of pyridine rings is 1. The van der Waals surface area contributed by atoms with Gasteiger partial charge >= 0.3 is 0 Å². The molecule has 0 saturated carbocycles. The van der Waals surface area contributed by atoms with Crippen LogP contribution in [0.15, 0.2) is 35.3 Å². The molecule has 2 rings (SSSR count). The third-order valence-electron chi connectivity index (χ3n) is 2.71. The van der Waals surface area contributed by atoms with Gasteiger partial charge < -0.3 is 10.3 Å². The summed E-state index contributed by atoms with van der Waals surface area (Å²) in [5.74, 6) is 0. The minimum Gasteiger partial charge on any atom is -0.326 e. The molecule has 0 saturated heterocycles. The Morgan fingerprint density at radius 2 is 2.00 bits per heavy atom. The molecular formula is C13H12Cl2N2O. The highest BCUT2D eigenvalue weighted by Gasteiger charge is 2.08. The van der Waals surface area contributed by atoms with Crippen LogP contribution in [-0.2, 0) is 6.54 Å². The number of nitrogens with two attached hydrogens (primary N) is 1. The molecule has 2 aromatic rings. The third kappa shape index (κ3) is 2.43. The van der Waals surface area contributed by atoms with Crippen molar-refractivity contribution in [3.63, 3.8) is 0 Å². The molecule has 5 heteroatoms. The molecule has 0 atom stereocenters. The number of aromatic nitrogens is 1. The van der Waals surface area contributed by atoms with Crippen molar-refractivity contribution in [2.45, 2.75) is 13.5 Å². The van der Waals surface area contributed by atoms with E-state index < -0.39 is 0 Å². The van der Waals surface area contributed by atoms with Crippen molar-refractivity contribution in [1.29, 1.82) is 0 Å². The van der Waals surface area contributed by atoms with Crippen LogP contribution < -0.4 is 11.2 Å². The summed E-state index contributed by atoms with van der Waals surface area (Å²) in [6.45, 7) is 2.04. The van der Waals surface area contributed by atoms with Crippen molar-refractivity contribution in [3.8, 4) is 5.69 Å². The molecule has 0 radical (unpaired) electrons. The van der Waals surface area contributed by atoms with Crippen LogP contribution in [0.25, 0.3) is 5.69 Å². The first-order valence-electron chi connectivity index (χ1n) is 5.40. The molecule has 3 nitrogen and oxygen atoms in total. The lowest BCUT2D eigenvalue weighted by Crippen LogP contribution is -2.17. The summed E-state index contributed by atoms with van der Waals surface area (Å²) < 4.78 is 1.84. The largest absolute Gasteiger partial charge is 0.326 e. The lowest BCUT2D eigenvalue weighted by Gasteiger charge is -2.13. The maximum absolute atomic E-state index is 11.6. The van der Waals surface area contributed by atoms with E-state index >= 15 is 0 Å². The Labute approximate surface area is 115 Å². The van der Waals surface area contributed by atoms with E-state index in [1.54, 1.807) is 24.4 Å². The van der Waals surface area contributed by atoms with Crippen molar-refractivity contribution in [2.75, 3.05) is 0 Å². The van der Waals surface area contributed by atoms with E-state index in [1.165, 1.54) is 0 Å². The number of nitrogens with zero attached hydrogens (tertiary/aromatic N) is 1.